The van der Waals surface area contributed by atoms with Crippen LogP contribution in [0.25, 0.3) is 0 Å². The number of nitrogens with zero attached hydrogens (tertiary/aromatic N) is 2. The molecule has 0 heterocycles. The second kappa shape index (κ2) is 4.62. The van der Waals surface area contributed by atoms with Crippen LogP contribution in [0, 0.1) is 21.4 Å². The smallest absolute Gasteiger partial charge is 0.275 e. The van der Waals surface area contributed by atoms with E-state index in [1.54, 1.807) is 0 Å². The lowest BCUT2D eigenvalue weighted by Crippen LogP contribution is -2.11. The second-order valence-corrected chi connectivity index (χ2v) is 3.40. The Morgan fingerprint density at radius 1 is 1.44 bits per heavy atom. The first-order chi connectivity index (χ1) is 8.18. The topological polar surface area (TPSA) is 84.0 Å². The summed E-state index contributed by atoms with van der Waals surface area (Å²) < 4.78 is 37.6. The molecule has 0 radical (unpaired) electrons. The molecule has 1 rings (SSSR count). The number of carbonyl (C=O) groups excluding carboxylic acids is 1. The predicted molar refractivity (Wildman–Crippen MR) is 53.0 cm³/mol. The van der Waals surface area contributed by atoms with Gasteiger partial charge in [0.2, 0.25) is 0 Å². The van der Waals surface area contributed by atoms with Gasteiger partial charge in [-0.05, 0) is 17.7 Å². The zero-order valence-corrected chi connectivity index (χ0v) is 9.04. The fourth-order valence-corrected chi connectivity index (χ4v) is 1.38. The Morgan fingerprint density at radius 2 is 2.00 bits per heavy atom. The molecule has 9 heteroatoms. The monoisotopic (exact) mass is 278 g/mol. The highest BCUT2D eigenvalue weighted by Gasteiger charge is 2.37. The lowest BCUT2D eigenvalue weighted by atomic mass is 10.0. The zero-order valence-electron chi connectivity index (χ0n) is 8.29. The molecule has 1 aromatic rings. The first-order valence-electron chi connectivity index (χ1n) is 4.18. The number of carbonyl (C=O) groups is 1. The number of alkyl halides is 3. The van der Waals surface area contributed by atoms with Crippen LogP contribution in [0.3, 0.4) is 0 Å². The SMILES string of the molecule is N#Cc1cc(C(=O)Cl)c([N+](=O)[O-])cc1C(F)(F)F. The number of nitro groups is 1. The molecule has 0 saturated carbocycles. The van der Waals surface area contributed by atoms with Crippen LogP contribution in [0.1, 0.15) is 21.5 Å². The van der Waals surface area contributed by atoms with E-state index in [0.717, 1.165) is 0 Å². The summed E-state index contributed by atoms with van der Waals surface area (Å²) in [4.78, 5) is 20.2. The average molecular weight is 279 g/mol. The van der Waals surface area contributed by atoms with Gasteiger partial charge < -0.3 is 0 Å². The lowest BCUT2D eigenvalue weighted by Gasteiger charge is -2.09. The van der Waals surface area contributed by atoms with Gasteiger partial charge in [0.05, 0.1) is 22.1 Å². The Labute approximate surface area is 103 Å². The maximum absolute atomic E-state index is 12.5. The summed E-state index contributed by atoms with van der Waals surface area (Å²) in [6.45, 7) is 0. The van der Waals surface area contributed by atoms with Crippen LogP contribution in [0.5, 0.6) is 0 Å². The molecule has 0 bridgehead atoms. The number of hydrogen-bond donors (Lipinski definition) is 0. The Bertz CT molecular complexity index is 578. The van der Waals surface area contributed by atoms with Crippen molar-refractivity contribution < 1.29 is 22.9 Å². The number of nitro benzene ring substituents is 1. The molecule has 0 unspecified atom stereocenters. The first kappa shape index (κ1) is 13.9. The summed E-state index contributed by atoms with van der Waals surface area (Å²) in [5.74, 6) is 0. The van der Waals surface area contributed by atoms with Crippen LogP contribution in [-0.4, -0.2) is 10.2 Å². The largest absolute Gasteiger partial charge is 0.417 e. The molecule has 0 aliphatic carbocycles. The molecule has 18 heavy (non-hydrogen) atoms. The minimum Gasteiger partial charge on any atom is -0.275 e. The highest BCUT2D eigenvalue weighted by molar-refractivity contribution is 6.68. The van der Waals surface area contributed by atoms with Gasteiger partial charge in [-0.15, -0.1) is 0 Å². The lowest BCUT2D eigenvalue weighted by molar-refractivity contribution is -0.385. The Morgan fingerprint density at radius 3 is 2.33 bits per heavy atom. The number of hydrogen-bond acceptors (Lipinski definition) is 4. The second-order valence-electron chi connectivity index (χ2n) is 3.06. The fraction of sp³-hybridized carbons (Fsp3) is 0.111. The van der Waals surface area contributed by atoms with E-state index in [0.29, 0.717) is 6.07 Å². The highest BCUT2D eigenvalue weighted by atomic mass is 35.5. The van der Waals surface area contributed by atoms with Crippen LogP contribution in [0.15, 0.2) is 12.1 Å². The summed E-state index contributed by atoms with van der Waals surface area (Å²) in [7, 11) is 0. The van der Waals surface area contributed by atoms with Crippen molar-refractivity contribution in [2.45, 2.75) is 6.18 Å². The predicted octanol–water partition coefficient (Wildman–Crippen LogP) is 2.86. The van der Waals surface area contributed by atoms with E-state index >= 15 is 0 Å². The summed E-state index contributed by atoms with van der Waals surface area (Å²) in [5, 5.41) is 17.8. The molecule has 5 nitrogen and oxygen atoms in total. The standard InChI is InChI=1S/C9H2ClF3N2O3/c10-8(16)5-1-4(3-14)6(9(11,12)13)2-7(5)15(17)18/h1-2H. The summed E-state index contributed by atoms with van der Waals surface area (Å²) in [5.41, 5.74) is -4.25. The molecule has 0 aliphatic heterocycles. The minimum absolute atomic E-state index is 0.119. The van der Waals surface area contributed by atoms with Crippen molar-refractivity contribution in [2.24, 2.45) is 0 Å². The number of benzene rings is 1. The fourth-order valence-electron chi connectivity index (χ4n) is 1.22. The van der Waals surface area contributed by atoms with Gasteiger partial charge >= 0.3 is 6.18 Å². The van der Waals surface area contributed by atoms with Crippen LogP contribution in [0.2, 0.25) is 0 Å². The molecule has 0 N–H and O–H groups in total. The minimum atomic E-state index is -4.94. The summed E-state index contributed by atoms with van der Waals surface area (Å²) >= 11 is 5.01. The first-order valence-corrected chi connectivity index (χ1v) is 4.56. The van der Waals surface area contributed by atoms with Crippen molar-refractivity contribution in [2.75, 3.05) is 0 Å². The number of halogens is 4. The Hall–Kier alpha value is -2.14. The van der Waals surface area contributed by atoms with E-state index < -0.39 is 38.7 Å². The van der Waals surface area contributed by atoms with Crippen LogP contribution in [-0.2, 0) is 6.18 Å². The van der Waals surface area contributed by atoms with Crippen molar-refractivity contribution >= 4 is 22.5 Å². The molecule has 0 saturated heterocycles. The van der Waals surface area contributed by atoms with Crippen molar-refractivity contribution in [1.82, 2.24) is 0 Å². The number of nitriles is 1. The molecule has 0 amide bonds. The van der Waals surface area contributed by atoms with E-state index in [2.05, 4.69) is 0 Å². The maximum atomic E-state index is 12.5. The van der Waals surface area contributed by atoms with E-state index in [-0.39, 0.29) is 6.07 Å². The Balaban J connectivity index is 3.69. The highest BCUT2D eigenvalue weighted by Crippen LogP contribution is 2.36. The maximum Gasteiger partial charge on any atom is 0.417 e. The average Bonchev–Trinajstić information content (AvgIpc) is 2.25. The van der Waals surface area contributed by atoms with Crippen LogP contribution < -0.4 is 0 Å². The third-order valence-corrected chi connectivity index (χ3v) is 2.17. The molecule has 0 fully saturated rings. The third kappa shape index (κ3) is 2.57. The van der Waals surface area contributed by atoms with E-state index in [1.807, 2.05) is 0 Å². The van der Waals surface area contributed by atoms with Gasteiger partial charge in [0, 0.05) is 6.07 Å². The quantitative estimate of drug-likeness (QED) is 0.473. The van der Waals surface area contributed by atoms with Gasteiger partial charge in [-0.3, -0.25) is 14.9 Å². The zero-order chi connectivity index (χ0) is 14.1. The van der Waals surface area contributed by atoms with Crippen molar-refractivity contribution in [3.8, 4) is 6.07 Å². The molecule has 0 atom stereocenters. The molecule has 94 valence electrons. The van der Waals surface area contributed by atoms with E-state index in [1.165, 1.54) is 6.07 Å². The van der Waals surface area contributed by atoms with Crippen LogP contribution in [0.4, 0.5) is 18.9 Å². The van der Waals surface area contributed by atoms with Gasteiger partial charge in [0.25, 0.3) is 10.9 Å². The molecular formula is C9H2ClF3N2O3. The van der Waals surface area contributed by atoms with Crippen molar-refractivity contribution in [3.05, 3.63) is 38.9 Å². The van der Waals surface area contributed by atoms with Crippen molar-refractivity contribution in [1.29, 1.82) is 5.26 Å². The van der Waals surface area contributed by atoms with Gasteiger partial charge in [0.15, 0.2) is 0 Å². The third-order valence-electron chi connectivity index (χ3n) is 1.97. The normalized spacial score (nSPS) is 10.8. The summed E-state index contributed by atoms with van der Waals surface area (Å²) in [6, 6.07) is 1.78. The van der Waals surface area contributed by atoms with Crippen molar-refractivity contribution in [3.63, 3.8) is 0 Å². The van der Waals surface area contributed by atoms with Gasteiger partial charge in [-0.25, -0.2) is 0 Å². The molecule has 0 aromatic heterocycles. The van der Waals surface area contributed by atoms with Crippen LogP contribution >= 0.6 is 11.6 Å². The van der Waals surface area contributed by atoms with Gasteiger partial charge in [-0.2, -0.15) is 18.4 Å². The number of rotatable bonds is 2. The Kier molecular flexibility index (Phi) is 3.57. The molecular weight excluding hydrogens is 277 g/mol. The molecule has 1 aromatic carbocycles. The molecule has 0 spiro atoms. The van der Waals surface area contributed by atoms with Gasteiger partial charge in [0.1, 0.15) is 5.56 Å². The van der Waals surface area contributed by atoms with Gasteiger partial charge in [-0.1, -0.05) is 0 Å². The summed E-state index contributed by atoms with van der Waals surface area (Å²) in [6.07, 6.45) is -4.94. The van der Waals surface area contributed by atoms with E-state index in [4.69, 9.17) is 16.9 Å². The van der Waals surface area contributed by atoms with E-state index in [9.17, 15) is 28.1 Å². The molecule has 0 aliphatic rings.